The molecule has 1 fully saturated rings. The van der Waals surface area contributed by atoms with Crippen LogP contribution in [-0.4, -0.2) is 46.5 Å². The quantitative estimate of drug-likeness (QED) is 0.828. The molecular formula is C12H16N4O3S2. The van der Waals surface area contributed by atoms with Crippen molar-refractivity contribution in [2.75, 3.05) is 13.1 Å². The van der Waals surface area contributed by atoms with Gasteiger partial charge in [0.1, 0.15) is 6.10 Å². The van der Waals surface area contributed by atoms with Gasteiger partial charge in [0, 0.05) is 23.8 Å². The molecule has 0 atom stereocenters. The SMILES string of the molecule is CC(C)n1cnc(S(=O)(=O)N2CC(Oc3nccs3)C2)c1. The van der Waals surface area contributed by atoms with Gasteiger partial charge < -0.3 is 9.30 Å². The molecule has 1 aliphatic rings. The Kier molecular flexibility index (Phi) is 3.72. The standard InChI is InChI=1S/C12H16N4O3S2/c1-9(2)15-7-11(14-8-15)21(17,18)16-5-10(6-16)19-12-13-3-4-20-12/h3-4,7-10H,5-6H2,1-2H3. The lowest BCUT2D eigenvalue weighted by atomic mass is 10.2. The first kappa shape index (κ1) is 14.5. The van der Waals surface area contributed by atoms with Gasteiger partial charge in [0.2, 0.25) is 0 Å². The fourth-order valence-corrected chi connectivity index (χ4v) is 3.92. The molecule has 0 bridgehead atoms. The lowest BCUT2D eigenvalue weighted by molar-refractivity contribution is 0.0758. The summed E-state index contributed by atoms with van der Waals surface area (Å²) in [6.07, 6.45) is 4.62. The Balaban J connectivity index is 1.64. The average molecular weight is 328 g/mol. The Morgan fingerprint density at radius 2 is 2.14 bits per heavy atom. The first-order chi connectivity index (χ1) is 9.96. The molecule has 0 aliphatic carbocycles. The van der Waals surface area contributed by atoms with E-state index < -0.39 is 10.0 Å². The van der Waals surface area contributed by atoms with E-state index in [0.717, 1.165) is 0 Å². The Labute approximate surface area is 127 Å². The predicted molar refractivity (Wildman–Crippen MR) is 77.9 cm³/mol. The van der Waals surface area contributed by atoms with E-state index in [1.54, 1.807) is 23.3 Å². The van der Waals surface area contributed by atoms with E-state index in [-0.39, 0.29) is 17.2 Å². The number of nitrogens with zero attached hydrogens (tertiary/aromatic N) is 4. The van der Waals surface area contributed by atoms with E-state index in [4.69, 9.17) is 4.74 Å². The van der Waals surface area contributed by atoms with Crippen LogP contribution in [-0.2, 0) is 10.0 Å². The third kappa shape index (κ3) is 2.81. The van der Waals surface area contributed by atoms with Crippen molar-refractivity contribution in [3.05, 3.63) is 24.1 Å². The van der Waals surface area contributed by atoms with Crippen molar-refractivity contribution in [2.45, 2.75) is 31.0 Å². The summed E-state index contributed by atoms with van der Waals surface area (Å²) in [5.41, 5.74) is 0. The normalized spacial score (nSPS) is 17.1. The minimum absolute atomic E-state index is 0.0869. The molecule has 2 aromatic rings. The molecule has 1 saturated heterocycles. The molecule has 0 amide bonds. The lowest BCUT2D eigenvalue weighted by Gasteiger charge is -2.36. The zero-order valence-electron chi connectivity index (χ0n) is 11.7. The van der Waals surface area contributed by atoms with Crippen LogP contribution in [0.1, 0.15) is 19.9 Å². The number of hydrogen-bond acceptors (Lipinski definition) is 6. The van der Waals surface area contributed by atoms with E-state index in [0.29, 0.717) is 18.3 Å². The molecule has 3 rings (SSSR count). The summed E-state index contributed by atoms with van der Waals surface area (Å²) in [6.45, 7) is 4.60. The number of ether oxygens (including phenoxy) is 1. The van der Waals surface area contributed by atoms with Gasteiger partial charge in [0.25, 0.3) is 15.2 Å². The summed E-state index contributed by atoms with van der Waals surface area (Å²) < 4.78 is 33.5. The lowest BCUT2D eigenvalue weighted by Crippen LogP contribution is -2.56. The minimum atomic E-state index is -3.52. The molecule has 0 unspecified atom stereocenters. The smallest absolute Gasteiger partial charge is 0.273 e. The average Bonchev–Trinajstić information content (AvgIpc) is 3.04. The van der Waals surface area contributed by atoms with Crippen molar-refractivity contribution in [2.24, 2.45) is 0 Å². The second kappa shape index (κ2) is 5.39. The van der Waals surface area contributed by atoms with Gasteiger partial charge in [-0.25, -0.2) is 18.4 Å². The molecule has 21 heavy (non-hydrogen) atoms. The van der Waals surface area contributed by atoms with E-state index in [2.05, 4.69) is 9.97 Å². The Morgan fingerprint density at radius 3 is 2.71 bits per heavy atom. The van der Waals surface area contributed by atoms with Gasteiger partial charge in [-0.15, -0.1) is 0 Å². The Hall–Kier alpha value is -1.45. The molecule has 3 heterocycles. The van der Waals surface area contributed by atoms with Crippen molar-refractivity contribution >= 4 is 21.4 Å². The fraction of sp³-hybridized carbons (Fsp3) is 0.500. The summed E-state index contributed by atoms with van der Waals surface area (Å²) in [5, 5.41) is 2.48. The van der Waals surface area contributed by atoms with E-state index in [1.165, 1.54) is 15.6 Å². The van der Waals surface area contributed by atoms with Crippen LogP contribution in [0.5, 0.6) is 5.19 Å². The van der Waals surface area contributed by atoms with Gasteiger partial charge in [-0.05, 0) is 13.8 Å². The second-order valence-electron chi connectivity index (χ2n) is 5.11. The van der Waals surface area contributed by atoms with Gasteiger partial charge >= 0.3 is 0 Å². The molecule has 7 nitrogen and oxygen atoms in total. The number of thiazole rings is 1. The molecule has 0 aromatic carbocycles. The van der Waals surface area contributed by atoms with Gasteiger partial charge in [0.05, 0.1) is 19.4 Å². The van der Waals surface area contributed by atoms with Crippen LogP contribution in [0, 0.1) is 0 Å². The minimum Gasteiger partial charge on any atom is -0.464 e. The maximum absolute atomic E-state index is 12.4. The molecule has 0 spiro atoms. The van der Waals surface area contributed by atoms with Gasteiger partial charge in [0.15, 0.2) is 5.03 Å². The van der Waals surface area contributed by atoms with Gasteiger partial charge in [-0.2, -0.15) is 4.31 Å². The monoisotopic (exact) mass is 328 g/mol. The number of rotatable bonds is 5. The van der Waals surface area contributed by atoms with E-state index in [1.807, 2.05) is 19.2 Å². The topological polar surface area (TPSA) is 77.3 Å². The number of hydrogen-bond donors (Lipinski definition) is 0. The third-order valence-electron chi connectivity index (χ3n) is 3.27. The van der Waals surface area contributed by atoms with Crippen LogP contribution in [0.25, 0.3) is 0 Å². The molecule has 0 radical (unpaired) electrons. The molecular weight excluding hydrogens is 312 g/mol. The second-order valence-corrected chi connectivity index (χ2v) is 7.85. The number of aromatic nitrogens is 3. The van der Waals surface area contributed by atoms with Crippen LogP contribution in [0.4, 0.5) is 0 Å². The molecule has 0 N–H and O–H groups in total. The first-order valence-corrected chi connectivity index (χ1v) is 8.88. The van der Waals surface area contributed by atoms with Crippen LogP contribution >= 0.6 is 11.3 Å². The molecule has 9 heteroatoms. The first-order valence-electron chi connectivity index (χ1n) is 6.56. The maximum atomic E-state index is 12.4. The van der Waals surface area contributed by atoms with E-state index >= 15 is 0 Å². The Bertz CT molecular complexity index is 703. The van der Waals surface area contributed by atoms with Crippen LogP contribution in [0.15, 0.2) is 29.1 Å². The Morgan fingerprint density at radius 1 is 1.38 bits per heavy atom. The van der Waals surface area contributed by atoms with Crippen molar-refractivity contribution in [3.8, 4) is 5.19 Å². The van der Waals surface area contributed by atoms with Crippen molar-refractivity contribution in [3.63, 3.8) is 0 Å². The zero-order chi connectivity index (χ0) is 15.0. The summed E-state index contributed by atoms with van der Waals surface area (Å²) in [5.74, 6) is 0. The number of sulfonamides is 1. The molecule has 114 valence electrons. The summed E-state index contributed by atoms with van der Waals surface area (Å²) in [7, 11) is -3.52. The van der Waals surface area contributed by atoms with Crippen molar-refractivity contribution in [1.82, 2.24) is 18.8 Å². The summed E-state index contributed by atoms with van der Waals surface area (Å²) in [4.78, 5) is 8.01. The highest BCUT2D eigenvalue weighted by molar-refractivity contribution is 7.89. The highest BCUT2D eigenvalue weighted by atomic mass is 32.2. The zero-order valence-corrected chi connectivity index (χ0v) is 13.3. The third-order valence-corrected chi connectivity index (χ3v) is 5.65. The largest absolute Gasteiger partial charge is 0.464 e. The molecule has 1 aliphatic heterocycles. The van der Waals surface area contributed by atoms with Crippen molar-refractivity contribution < 1.29 is 13.2 Å². The van der Waals surface area contributed by atoms with Gasteiger partial charge in [-0.3, -0.25) is 0 Å². The fourth-order valence-electron chi connectivity index (χ4n) is 1.95. The van der Waals surface area contributed by atoms with Crippen LogP contribution in [0.3, 0.4) is 0 Å². The molecule has 2 aromatic heterocycles. The highest BCUT2D eigenvalue weighted by Crippen LogP contribution is 2.25. The predicted octanol–water partition coefficient (Wildman–Crippen LogP) is 1.37. The highest BCUT2D eigenvalue weighted by Gasteiger charge is 2.39. The number of imidazole rings is 1. The van der Waals surface area contributed by atoms with E-state index in [9.17, 15) is 8.42 Å². The van der Waals surface area contributed by atoms with Crippen LogP contribution < -0.4 is 4.74 Å². The maximum Gasteiger partial charge on any atom is 0.273 e. The molecule has 0 saturated carbocycles. The summed E-state index contributed by atoms with van der Waals surface area (Å²) in [6, 6.07) is 0.179. The summed E-state index contributed by atoms with van der Waals surface area (Å²) >= 11 is 1.40. The van der Waals surface area contributed by atoms with Gasteiger partial charge in [-0.1, -0.05) is 11.3 Å². The van der Waals surface area contributed by atoms with Crippen molar-refractivity contribution in [1.29, 1.82) is 0 Å². The van der Waals surface area contributed by atoms with Crippen LogP contribution in [0.2, 0.25) is 0 Å².